The van der Waals surface area contributed by atoms with Gasteiger partial charge in [0.25, 0.3) is 0 Å². The Morgan fingerprint density at radius 1 is 1.47 bits per heavy atom. The molecule has 6 heteroatoms. The summed E-state index contributed by atoms with van der Waals surface area (Å²) in [5.74, 6) is -0.139. The normalized spacial score (nSPS) is 13.5. The fraction of sp³-hybridized carbons (Fsp3) is 0.545. The molecular formula is C11H14ClF3N2. The second-order valence-corrected chi connectivity index (χ2v) is 4.24. The molecule has 1 rings (SSSR count). The quantitative estimate of drug-likeness (QED) is 0.817. The van der Waals surface area contributed by atoms with Crippen LogP contribution in [0.15, 0.2) is 18.3 Å². The first-order valence-corrected chi connectivity index (χ1v) is 5.79. The second-order valence-electron chi connectivity index (χ2n) is 3.62. The molecular weight excluding hydrogens is 253 g/mol. The van der Waals surface area contributed by atoms with Crippen LogP contribution < -0.4 is 5.32 Å². The number of pyridine rings is 1. The number of anilines is 1. The summed E-state index contributed by atoms with van der Waals surface area (Å²) in [6.45, 7) is 2.31. The molecule has 96 valence electrons. The molecule has 0 aromatic carbocycles. The molecule has 1 unspecified atom stereocenters. The lowest BCUT2D eigenvalue weighted by atomic mass is 10.2. The molecule has 0 fully saturated rings. The van der Waals surface area contributed by atoms with E-state index < -0.39 is 11.7 Å². The van der Waals surface area contributed by atoms with Crippen LogP contribution in [0.4, 0.5) is 19.0 Å². The first-order chi connectivity index (χ1) is 7.95. The van der Waals surface area contributed by atoms with Gasteiger partial charge in [-0.3, -0.25) is 0 Å². The molecule has 1 heterocycles. The van der Waals surface area contributed by atoms with Crippen molar-refractivity contribution in [3.05, 3.63) is 23.9 Å². The van der Waals surface area contributed by atoms with Gasteiger partial charge in [0.05, 0.1) is 5.56 Å². The smallest absolute Gasteiger partial charge is 0.370 e. The van der Waals surface area contributed by atoms with Crippen molar-refractivity contribution in [2.45, 2.75) is 31.3 Å². The molecule has 1 aromatic heterocycles. The molecule has 1 atom stereocenters. The number of alkyl halides is 4. The van der Waals surface area contributed by atoms with Gasteiger partial charge in [0, 0.05) is 18.1 Å². The standard InChI is InChI=1S/C11H14ClF3N2/c1-2-8(12)5-7-17-10-9(11(13,14)15)4-3-6-16-10/h3-4,6,8H,2,5,7H2,1H3,(H,16,17). The van der Waals surface area contributed by atoms with E-state index in [0.717, 1.165) is 12.5 Å². The first-order valence-electron chi connectivity index (χ1n) is 5.35. The number of aromatic nitrogens is 1. The van der Waals surface area contributed by atoms with Crippen molar-refractivity contribution in [3.8, 4) is 0 Å². The molecule has 0 spiro atoms. The van der Waals surface area contributed by atoms with E-state index in [4.69, 9.17) is 11.6 Å². The zero-order valence-corrected chi connectivity index (χ0v) is 10.1. The Morgan fingerprint density at radius 2 is 2.18 bits per heavy atom. The minimum absolute atomic E-state index is 0.0273. The van der Waals surface area contributed by atoms with E-state index in [2.05, 4.69) is 10.3 Å². The lowest BCUT2D eigenvalue weighted by Crippen LogP contribution is -2.14. The number of nitrogens with one attached hydrogen (secondary N) is 1. The van der Waals surface area contributed by atoms with Crippen LogP contribution in [-0.2, 0) is 6.18 Å². The zero-order valence-electron chi connectivity index (χ0n) is 9.39. The summed E-state index contributed by atoms with van der Waals surface area (Å²) in [6.07, 6.45) is -1.67. The fourth-order valence-corrected chi connectivity index (χ4v) is 1.44. The van der Waals surface area contributed by atoms with E-state index in [1.165, 1.54) is 12.3 Å². The molecule has 17 heavy (non-hydrogen) atoms. The summed E-state index contributed by atoms with van der Waals surface area (Å²) in [5.41, 5.74) is -0.748. The lowest BCUT2D eigenvalue weighted by molar-refractivity contribution is -0.137. The molecule has 0 aliphatic rings. The van der Waals surface area contributed by atoms with Crippen LogP contribution in [0.5, 0.6) is 0 Å². The van der Waals surface area contributed by atoms with Gasteiger partial charge in [-0.05, 0) is 25.0 Å². The molecule has 2 nitrogen and oxygen atoms in total. The zero-order chi connectivity index (χ0) is 12.9. The van der Waals surface area contributed by atoms with Crippen molar-refractivity contribution in [1.29, 1.82) is 0 Å². The number of nitrogens with zero attached hydrogens (tertiary/aromatic N) is 1. The maximum absolute atomic E-state index is 12.6. The Morgan fingerprint density at radius 3 is 2.76 bits per heavy atom. The fourth-order valence-electron chi connectivity index (χ4n) is 1.33. The Labute approximate surface area is 103 Å². The third-order valence-corrected chi connectivity index (χ3v) is 2.83. The number of hydrogen-bond acceptors (Lipinski definition) is 2. The highest BCUT2D eigenvalue weighted by molar-refractivity contribution is 6.20. The van der Waals surface area contributed by atoms with Crippen LogP contribution in [-0.4, -0.2) is 16.9 Å². The highest BCUT2D eigenvalue weighted by Crippen LogP contribution is 2.33. The Balaban J connectivity index is 2.65. The molecule has 0 bridgehead atoms. The van der Waals surface area contributed by atoms with Crippen LogP contribution in [0, 0.1) is 0 Å². The maximum Gasteiger partial charge on any atom is 0.419 e. The summed E-state index contributed by atoms with van der Waals surface area (Å²) >= 11 is 5.88. The Bertz CT molecular complexity index is 355. The Hall–Kier alpha value is -0.970. The van der Waals surface area contributed by atoms with Gasteiger partial charge in [-0.15, -0.1) is 11.6 Å². The topological polar surface area (TPSA) is 24.9 Å². The van der Waals surface area contributed by atoms with Crippen molar-refractivity contribution in [2.75, 3.05) is 11.9 Å². The highest BCUT2D eigenvalue weighted by Gasteiger charge is 2.33. The van der Waals surface area contributed by atoms with Gasteiger partial charge >= 0.3 is 6.18 Å². The summed E-state index contributed by atoms with van der Waals surface area (Å²) in [4.78, 5) is 3.69. The molecule has 0 saturated heterocycles. The minimum atomic E-state index is -4.39. The molecule has 0 aliphatic heterocycles. The van der Waals surface area contributed by atoms with Crippen LogP contribution in [0.1, 0.15) is 25.3 Å². The van der Waals surface area contributed by atoms with Crippen LogP contribution in [0.25, 0.3) is 0 Å². The third kappa shape index (κ3) is 4.42. The molecule has 0 amide bonds. The van der Waals surface area contributed by atoms with Crippen molar-refractivity contribution in [1.82, 2.24) is 4.98 Å². The van der Waals surface area contributed by atoms with E-state index in [-0.39, 0.29) is 11.2 Å². The van der Waals surface area contributed by atoms with Gasteiger partial charge in [-0.1, -0.05) is 6.92 Å². The van der Waals surface area contributed by atoms with E-state index in [0.29, 0.717) is 13.0 Å². The van der Waals surface area contributed by atoms with Gasteiger partial charge in [0.1, 0.15) is 5.82 Å². The largest absolute Gasteiger partial charge is 0.419 e. The van der Waals surface area contributed by atoms with E-state index in [1.807, 2.05) is 6.92 Å². The van der Waals surface area contributed by atoms with E-state index in [1.54, 1.807) is 0 Å². The maximum atomic E-state index is 12.6. The monoisotopic (exact) mass is 266 g/mol. The van der Waals surface area contributed by atoms with Crippen molar-refractivity contribution in [2.24, 2.45) is 0 Å². The second kappa shape index (κ2) is 6.10. The molecule has 1 N–H and O–H groups in total. The minimum Gasteiger partial charge on any atom is -0.370 e. The summed E-state index contributed by atoms with van der Waals surface area (Å²) in [6, 6.07) is 2.28. The number of hydrogen-bond donors (Lipinski definition) is 1. The summed E-state index contributed by atoms with van der Waals surface area (Å²) < 4.78 is 37.8. The summed E-state index contributed by atoms with van der Waals surface area (Å²) in [7, 11) is 0. The number of halogens is 4. The van der Waals surface area contributed by atoms with Crippen molar-refractivity contribution in [3.63, 3.8) is 0 Å². The molecule has 0 radical (unpaired) electrons. The Kier molecular flexibility index (Phi) is 5.05. The highest BCUT2D eigenvalue weighted by atomic mass is 35.5. The van der Waals surface area contributed by atoms with Crippen LogP contribution >= 0.6 is 11.6 Å². The summed E-state index contributed by atoms with van der Waals surface area (Å²) in [5, 5.41) is 2.64. The first kappa shape index (κ1) is 14.1. The van der Waals surface area contributed by atoms with Gasteiger partial charge < -0.3 is 5.32 Å². The average Bonchev–Trinajstić information content (AvgIpc) is 2.28. The van der Waals surface area contributed by atoms with E-state index >= 15 is 0 Å². The van der Waals surface area contributed by atoms with Gasteiger partial charge in [0.15, 0.2) is 0 Å². The van der Waals surface area contributed by atoms with Crippen LogP contribution in [0.2, 0.25) is 0 Å². The predicted octanol–water partition coefficient (Wildman–Crippen LogP) is 3.92. The van der Waals surface area contributed by atoms with Gasteiger partial charge in [0.2, 0.25) is 0 Å². The van der Waals surface area contributed by atoms with Crippen molar-refractivity contribution >= 4 is 17.4 Å². The number of rotatable bonds is 5. The average molecular weight is 267 g/mol. The molecule has 0 aliphatic carbocycles. The van der Waals surface area contributed by atoms with Gasteiger partial charge in [-0.25, -0.2) is 4.98 Å². The molecule has 1 aromatic rings. The SMILES string of the molecule is CCC(Cl)CCNc1ncccc1C(F)(F)F. The predicted molar refractivity (Wildman–Crippen MR) is 62.3 cm³/mol. The van der Waals surface area contributed by atoms with Crippen LogP contribution in [0.3, 0.4) is 0 Å². The van der Waals surface area contributed by atoms with Crippen molar-refractivity contribution < 1.29 is 13.2 Å². The van der Waals surface area contributed by atoms with Gasteiger partial charge in [-0.2, -0.15) is 13.2 Å². The lowest BCUT2D eigenvalue weighted by Gasteiger charge is -2.13. The third-order valence-electron chi connectivity index (χ3n) is 2.31. The molecule has 0 saturated carbocycles. The van der Waals surface area contributed by atoms with E-state index in [9.17, 15) is 13.2 Å².